The molecule has 2 rings (SSSR count). The Hall–Kier alpha value is -2.12. The van der Waals surface area contributed by atoms with Gasteiger partial charge in [-0.15, -0.1) is 0 Å². The van der Waals surface area contributed by atoms with Gasteiger partial charge < -0.3 is 5.73 Å². The Labute approximate surface area is 131 Å². The molecule has 5 nitrogen and oxygen atoms in total. The monoisotopic (exact) mass is 342 g/mol. The molecule has 116 valence electrons. The van der Waals surface area contributed by atoms with Gasteiger partial charge in [0.1, 0.15) is 4.90 Å². The number of benzene rings is 2. The van der Waals surface area contributed by atoms with E-state index < -0.39 is 26.6 Å². The fourth-order valence-electron chi connectivity index (χ4n) is 1.90. The van der Waals surface area contributed by atoms with Crippen molar-refractivity contribution in [2.45, 2.75) is 11.8 Å². The topological polar surface area (TPSA) is 89.3 Å². The Morgan fingerprint density at radius 1 is 1.23 bits per heavy atom. The van der Waals surface area contributed by atoms with Crippen molar-refractivity contribution in [3.8, 4) is 0 Å². The molecule has 0 heterocycles. The first kappa shape index (κ1) is 16.3. The number of rotatable bonds is 4. The normalized spacial score (nSPS) is 11.2. The van der Waals surface area contributed by atoms with Gasteiger partial charge in [-0.05, 0) is 36.8 Å². The van der Waals surface area contributed by atoms with Crippen LogP contribution in [0.5, 0.6) is 0 Å². The van der Waals surface area contributed by atoms with Gasteiger partial charge in [-0.2, -0.15) is 0 Å². The van der Waals surface area contributed by atoms with Crippen LogP contribution in [-0.2, 0) is 10.0 Å². The molecule has 0 spiro atoms. The highest BCUT2D eigenvalue weighted by Gasteiger charge is 2.22. The number of anilines is 1. The lowest BCUT2D eigenvalue weighted by Gasteiger charge is -2.13. The number of halogens is 2. The summed E-state index contributed by atoms with van der Waals surface area (Å²) in [6, 6.07) is 8.05. The van der Waals surface area contributed by atoms with Gasteiger partial charge in [0.05, 0.1) is 10.7 Å². The molecule has 0 atom stereocenters. The largest absolute Gasteiger partial charge is 0.366 e. The van der Waals surface area contributed by atoms with E-state index in [0.717, 1.165) is 6.07 Å². The van der Waals surface area contributed by atoms with Gasteiger partial charge in [-0.25, -0.2) is 12.8 Å². The highest BCUT2D eigenvalue weighted by atomic mass is 35.5. The van der Waals surface area contributed by atoms with Gasteiger partial charge in [0.2, 0.25) is 5.91 Å². The van der Waals surface area contributed by atoms with Crippen LogP contribution in [-0.4, -0.2) is 14.3 Å². The molecule has 0 saturated heterocycles. The maximum atomic E-state index is 13.9. The molecular weight excluding hydrogens is 331 g/mol. The molecule has 0 aliphatic carbocycles. The minimum Gasteiger partial charge on any atom is -0.366 e. The number of hydrogen-bond donors (Lipinski definition) is 2. The van der Waals surface area contributed by atoms with Crippen molar-refractivity contribution in [2.75, 3.05) is 4.72 Å². The lowest BCUT2D eigenvalue weighted by Crippen LogP contribution is -2.18. The molecule has 0 unspecified atom stereocenters. The maximum absolute atomic E-state index is 13.9. The zero-order chi connectivity index (χ0) is 16.5. The number of sulfonamides is 1. The first-order valence-corrected chi connectivity index (χ1v) is 7.96. The van der Waals surface area contributed by atoms with Gasteiger partial charge in [-0.1, -0.05) is 23.7 Å². The van der Waals surface area contributed by atoms with Crippen molar-refractivity contribution in [3.63, 3.8) is 0 Å². The van der Waals surface area contributed by atoms with Crippen molar-refractivity contribution in [2.24, 2.45) is 5.73 Å². The second-order valence-electron chi connectivity index (χ2n) is 4.50. The Bertz CT molecular complexity index is 853. The number of hydrogen-bond acceptors (Lipinski definition) is 3. The van der Waals surface area contributed by atoms with E-state index >= 15 is 0 Å². The highest BCUT2D eigenvalue weighted by molar-refractivity contribution is 7.92. The molecule has 1 amide bonds. The summed E-state index contributed by atoms with van der Waals surface area (Å²) < 4.78 is 40.7. The lowest BCUT2D eigenvalue weighted by molar-refractivity contribution is 0.0999. The van der Waals surface area contributed by atoms with E-state index in [1.165, 1.54) is 37.3 Å². The third-order valence-electron chi connectivity index (χ3n) is 3.05. The average molecular weight is 343 g/mol. The second-order valence-corrected chi connectivity index (χ2v) is 6.56. The first-order chi connectivity index (χ1) is 10.2. The van der Waals surface area contributed by atoms with Crippen molar-refractivity contribution in [1.82, 2.24) is 0 Å². The quantitative estimate of drug-likeness (QED) is 0.895. The van der Waals surface area contributed by atoms with Crippen molar-refractivity contribution < 1.29 is 17.6 Å². The number of nitrogens with two attached hydrogens (primary N) is 1. The molecule has 0 aliphatic heterocycles. The number of carbonyl (C=O) groups is 1. The van der Waals surface area contributed by atoms with Crippen LogP contribution in [0.2, 0.25) is 5.02 Å². The van der Waals surface area contributed by atoms with E-state index in [0.29, 0.717) is 5.56 Å². The Morgan fingerprint density at radius 2 is 1.86 bits per heavy atom. The van der Waals surface area contributed by atoms with Crippen LogP contribution >= 0.6 is 11.6 Å². The molecule has 2 aromatic rings. The summed E-state index contributed by atoms with van der Waals surface area (Å²) in [5.41, 5.74) is 5.86. The highest BCUT2D eigenvalue weighted by Crippen LogP contribution is 2.26. The minimum absolute atomic E-state index is 0.135. The van der Waals surface area contributed by atoms with Gasteiger partial charge >= 0.3 is 0 Å². The summed E-state index contributed by atoms with van der Waals surface area (Å²) in [4.78, 5) is 10.7. The Kier molecular flexibility index (Phi) is 4.39. The van der Waals surface area contributed by atoms with Gasteiger partial charge in [0.15, 0.2) is 5.82 Å². The van der Waals surface area contributed by atoms with Crippen LogP contribution < -0.4 is 10.5 Å². The molecule has 0 aromatic heterocycles. The smallest absolute Gasteiger partial charge is 0.264 e. The summed E-state index contributed by atoms with van der Waals surface area (Å²) in [7, 11) is -4.19. The summed E-state index contributed by atoms with van der Waals surface area (Å²) in [5.74, 6) is -1.73. The van der Waals surface area contributed by atoms with Gasteiger partial charge in [0.25, 0.3) is 10.0 Å². The fourth-order valence-corrected chi connectivity index (χ4v) is 3.36. The van der Waals surface area contributed by atoms with Crippen molar-refractivity contribution in [1.29, 1.82) is 0 Å². The van der Waals surface area contributed by atoms with Gasteiger partial charge in [-0.3, -0.25) is 9.52 Å². The third-order valence-corrected chi connectivity index (χ3v) is 4.72. The molecule has 0 fully saturated rings. The van der Waals surface area contributed by atoms with Crippen LogP contribution in [0.25, 0.3) is 0 Å². The molecule has 0 radical (unpaired) electrons. The first-order valence-electron chi connectivity index (χ1n) is 6.10. The van der Waals surface area contributed by atoms with Crippen LogP contribution in [0.3, 0.4) is 0 Å². The average Bonchev–Trinajstić information content (AvgIpc) is 2.43. The Morgan fingerprint density at radius 3 is 2.50 bits per heavy atom. The van der Waals surface area contributed by atoms with Crippen LogP contribution in [0, 0.1) is 12.7 Å². The van der Waals surface area contributed by atoms with E-state index in [4.69, 9.17) is 17.3 Å². The van der Waals surface area contributed by atoms with Crippen molar-refractivity contribution >= 4 is 33.2 Å². The number of carbonyl (C=O) groups excluding carboxylic acids is 1. The van der Waals surface area contributed by atoms with E-state index in [1.54, 1.807) is 0 Å². The van der Waals surface area contributed by atoms with E-state index in [2.05, 4.69) is 4.72 Å². The minimum atomic E-state index is -4.19. The van der Waals surface area contributed by atoms with E-state index in [-0.39, 0.29) is 16.3 Å². The number of nitrogens with one attached hydrogen (secondary N) is 1. The zero-order valence-corrected chi connectivity index (χ0v) is 13.0. The summed E-state index contributed by atoms with van der Waals surface area (Å²) in [5, 5.41) is -0.300. The maximum Gasteiger partial charge on any atom is 0.264 e. The predicted molar refractivity (Wildman–Crippen MR) is 81.9 cm³/mol. The third kappa shape index (κ3) is 3.05. The van der Waals surface area contributed by atoms with Crippen LogP contribution in [0.1, 0.15) is 15.9 Å². The van der Waals surface area contributed by atoms with E-state index in [9.17, 15) is 17.6 Å². The molecule has 8 heteroatoms. The number of amides is 1. The standard InChI is InChI=1S/C14H12ClFN2O3S/c1-8-9(14(17)19)4-2-6-11(8)18-22(20,21)12-7-3-5-10(15)13(12)16/h2-7,18H,1H3,(H2,17,19). The van der Waals surface area contributed by atoms with E-state index in [1.807, 2.05) is 0 Å². The summed E-state index contributed by atoms with van der Waals surface area (Å²) in [6.45, 7) is 1.53. The predicted octanol–water partition coefficient (Wildman–Crippen LogP) is 2.69. The molecule has 3 N–H and O–H groups in total. The lowest BCUT2D eigenvalue weighted by atomic mass is 10.1. The zero-order valence-electron chi connectivity index (χ0n) is 11.4. The second kappa shape index (κ2) is 5.94. The number of primary amides is 1. The molecule has 0 saturated carbocycles. The SMILES string of the molecule is Cc1c(NS(=O)(=O)c2cccc(Cl)c2F)cccc1C(N)=O. The molecule has 22 heavy (non-hydrogen) atoms. The van der Waals surface area contributed by atoms with Crippen LogP contribution in [0.15, 0.2) is 41.3 Å². The molecular formula is C14H12ClFN2O3S. The summed E-state index contributed by atoms with van der Waals surface area (Å²) in [6.07, 6.45) is 0. The fraction of sp³-hybridized carbons (Fsp3) is 0.0714. The van der Waals surface area contributed by atoms with Crippen LogP contribution in [0.4, 0.5) is 10.1 Å². The van der Waals surface area contributed by atoms with Crippen molar-refractivity contribution in [3.05, 3.63) is 58.4 Å². The Balaban J connectivity index is 2.48. The summed E-state index contributed by atoms with van der Waals surface area (Å²) >= 11 is 5.59. The van der Waals surface area contributed by atoms with Gasteiger partial charge in [0, 0.05) is 5.56 Å². The molecule has 0 bridgehead atoms. The molecule has 0 aliphatic rings. The molecule has 2 aromatic carbocycles.